The van der Waals surface area contributed by atoms with E-state index in [1.54, 1.807) is 6.07 Å². The molecule has 1 amide bonds. The molecule has 1 unspecified atom stereocenters. The topological polar surface area (TPSA) is 42.0 Å². The van der Waals surface area contributed by atoms with E-state index in [0.717, 1.165) is 29.5 Å². The zero-order chi connectivity index (χ0) is 13.9. The number of fused-ring (bicyclic) bond motifs is 1. The van der Waals surface area contributed by atoms with Crippen LogP contribution in [0.4, 0.5) is 0 Å². The van der Waals surface area contributed by atoms with Gasteiger partial charge in [-0.2, -0.15) is 11.8 Å². The summed E-state index contributed by atoms with van der Waals surface area (Å²) in [6.07, 6.45) is 2.20. The molecule has 1 atom stereocenters. The Hall–Kier alpha value is -1.26. The number of amides is 1. The fourth-order valence-corrected chi connectivity index (χ4v) is 3.70. The average molecular weight is 307 g/mol. The first-order chi connectivity index (χ1) is 9.74. The minimum Gasteiger partial charge on any atom is -0.347 e. The molecule has 1 aliphatic heterocycles. The van der Waals surface area contributed by atoms with Crippen LogP contribution in [0.1, 0.15) is 23.3 Å². The Morgan fingerprint density at radius 2 is 2.25 bits per heavy atom. The normalized spacial score (nSPS) is 18.9. The summed E-state index contributed by atoms with van der Waals surface area (Å²) in [4.78, 5) is 16.7. The Labute approximate surface area is 127 Å². The van der Waals surface area contributed by atoms with Crippen LogP contribution in [-0.2, 0) is 0 Å². The van der Waals surface area contributed by atoms with Crippen LogP contribution in [0.15, 0.2) is 30.3 Å². The number of pyridine rings is 1. The predicted octanol–water partition coefficient (Wildman–Crippen LogP) is 3.51. The number of carbonyl (C=O) groups excluding carboxylic acids is 1. The first-order valence-electron chi connectivity index (χ1n) is 6.68. The van der Waals surface area contributed by atoms with Crippen LogP contribution in [0.2, 0.25) is 5.02 Å². The Balaban J connectivity index is 1.84. The molecule has 3 rings (SSSR count). The highest BCUT2D eigenvalue weighted by Gasteiger charge is 2.18. The van der Waals surface area contributed by atoms with Crippen molar-refractivity contribution in [2.24, 2.45) is 0 Å². The molecule has 5 heteroatoms. The molecule has 0 aliphatic carbocycles. The molecule has 20 heavy (non-hydrogen) atoms. The van der Waals surface area contributed by atoms with Gasteiger partial charge < -0.3 is 5.32 Å². The Kier molecular flexibility index (Phi) is 4.13. The number of thioether (sulfide) groups is 1. The third-order valence-corrected chi connectivity index (χ3v) is 4.92. The highest BCUT2D eigenvalue weighted by Crippen LogP contribution is 2.23. The van der Waals surface area contributed by atoms with Gasteiger partial charge in [-0.3, -0.25) is 4.79 Å². The quantitative estimate of drug-likeness (QED) is 0.923. The molecule has 1 aromatic carbocycles. The van der Waals surface area contributed by atoms with E-state index in [2.05, 4.69) is 10.3 Å². The molecule has 0 bridgehead atoms. The van der Waals surface area contributed by atoms with Gasteiger partial charge in [0.05, 0.1) is 10.5 Å². The number of benzene rings is 1. The number of aromatic nitrogens is 1. The van der Waals surface area contributed by atoms with Crippen molar-refractivity contribution in [1.82, 2.24) is 10.3 Å². The van der Waals surface area contributed by atoms with Crippen molar-refractivity contribution in [2.75, 3.05) is 11.5 Å². The van der Waals surface area contributed by atoms with Gasteiger partial charge in [0.25, 0.3) is 5.91 Å². The molecule has 2 heterocycles. The van der Waals surface area contributed by atoms with Crippen molar-refractivity contribution < 1.29 is 4.79 Å². The number of para-hydroxylation sites is 1. The van der Waals surface area contributed by atoms with Crippen LogP contribution in [-0.4, -0.2) is 28.4 Å². The molecule has 1 N–H and O–H groups in total. The van der Waals surface area contributed by atoms with Gasteiger partial charge in [0.1, 0.15) is 5.69 Å². The Morgan fingerprint density at radius 1 is 1.40 bits per heavy atom. The molecule has 1 saturated heterocycles. The van der Waals surface area contributed by atoms with Crippen molar-refractivity contribution >= 4 is 40.2 Å². The van der Waals surface area contributed by atoms with E-state index in [9.17, 15) is 4.79 Å². The fraction of sp³-hybridized carbons (Fsp3) is 0.333. The molecule has 3 nitrogen and oxygen atoms in total. The molecule has 1 aromatic heterocycles. The van der Waals surface area contributed by atoms with Gasteiger partial charge in [-0.15, -0.1) is 0 Å². The van der Waals surface area contributed by atoms with Gasteiger partial charge in [0.2, 0.25) is 0 Å². The number of hydrogen-bond acceptors (Lipinski definition) is 3. The van der Waals surface area contributed by atoms with Gasteiger partial charge in [-0.1, -0.05) is 29.8 Å². The maximum atomic E-state index is 12.3. The molecular formula is C15H15ClN2OS. The second kappa shape index (κ2) is 6.02. The third kappa shape index (κ3) is 2.91. The highest BCUT2D eigenvalue weighted by molar-refractivity contribution is 7.99. The molecule has 104 valence electrons. The molecule has 0 spiro atoms. The number of halogens is 1. The second-order valence-corrected chi connectivity index (χ2v) is 6.45. The van der Waals surface area contributed by atoms with E-state index < -0.39 is 0 Å². The molecule has 0 saturated carbocycles. The summed E-state index contributed by atoms with van der Waals surface area (Å²) in [5.41, 5.74) is 1.15. The van der Waals surface area contributed by atoms with Crippen molar-refractivity contribution in [1.29, 1.82) is 0 Å². The van der Waals surface area contributed by atoms with Crippen LogP contribution in [0.25, 0.3) is 10.9 Å². The number of carbonyl (C=O) groups is 1. The van der Waals surface area contributed by atoms with Crippen LogP contribution in [0, 0.1) is 0 Å². The molecule has 1 aliphatic rings. The highest BCUT2D eigenvalue weighted by atomic mass is 35.5. The first-order valence-corrected chi connectivity index (χ1v) is 8.21. The zero-order valence-electron chi connectivity index (χ0n) is 10.9. The third-order valence-electron chi connectivity index (χ3n) is 3.39. The number of hydrogen-bond donors (Lipinski definition) is 1. The first kappa shape index (κ1) is 13.7. The maximum absolute atomic E-state index is 12.3. The van der Waals surface area contributed by atoms with E-state index >= 15 is 0 Å². The summed E-state index contributed by atoms with van der Waals surface area (Å²) in [5.74, 6) is 2.03. The van der Waals surface area contributed by atoms with Gasteiger partial charge >= 0.3 is 0 Å². The number of nitrogens with one attached hydrogen (secondary N) is 1. The lowest BCUT2D eigenvalue weighted by Gasteiger charge is -2.22. The van der Waals surface area contributed by atoms with Gasteiger partial charge in [-0.25, -0.2) is 4.98 Å². The van der Waals surface area contributed by atoms with Crippen molar-refractivity contribution in [3.05, 3.63) is 41.0 Å². The summed E-state index contributed by atoms with van der Waals surface area (Å²) in [7, 11) is 0. The largest absolute Gasteiger partial charge is 0.347 e. The number of nitrogens with zero attached hydrogens (tertiary/aromatic N) is 1. The molecule has 0 radical (unpaired) electrons. The van der Waals surface area contributed by atoms with E-state index in [-0.39, 0.29) is 11.9 Å². The lowest BCUT2D eigenvalue weighted by atomic mass is 10.1. The Morgan fingerprint density at radius 3 is 3.05 bits per heavy atom. The number of rotatable bonds is 2. The van der Waals surface area contributed by atoms with Crippen molar-refractivity contribution in [3.8, 4) is 0 Å². The summed E-state index contributed by atoms with van der Waals surface area (Å²) >= 11 is 8.11. The van der Waals surface area contributed by atoms with Gasteiger partial charge in [0.15, 0.2) is 0 Å². The molecular weight excluding hydrogens is 292 g/mol. The fourth-order valence-electron chi connectivity index (χ4n) is 2.36. The lowest BCUT2D eigenvalue weighted by molar-refractivity contribution is 0.0934. The Bertz CT molecular complexity index is 641. The van der Waals surface area contributed by atoms with Crippen molar-refractivity contribution in [2.45, 2.75) is 18.9 Å². The monoisotopic (exact) mass is 306 g/mol. The predicted molar refractivity (Wildman–Crippen MR) is 84.6 cm³/mol. The second-order valence-electron chi connectivity index (χ2n) is 4.89. The van der Waals surface area contributed by atoms with E-state index in [1.165, 1.54) is 5.75 Å². The van der Waals surface area contributed by atoms with Crippen LogP contribution in [0.5, 0.6) is 0 Å². The van der Waals surface area contributed by atoms with Crippen LogP contribution >= 0.6 is 23.4 Å². The standard InChI is InChI=1S/C15H15ClN2OS/c16-12-8-14(18-13-6-2-1-5-11(12)13)15(19)17-10-4-3-7-20-9-10/h1-2,5-6,8,10H,3-4,7,9H2,(H,17,19). The minimum absolute atomic E-state index is 0.134. The summed E-state index contributed by atoms with van der Waals surface area (Å²) in [6, 6.07) is 9.47. The lowest BCUT2D eigenvalue weighted by Crippen LogP contribution is -2.38. The minimum atomic E-state index is -0.134. The van der Waals surface area contributed by atoms with Gasteiger partial charge in [0, 0.05) is 17.2 Å². The van der Waals surface area contributed by atoms with Crippen LogP contribution in [0.3, 0.4) is 0 Å². The SMILES string of the molecule is O=C(NC1CCCSC1)c1cc(Cl)c2ccccc2n1. The average Bonchev–Trinajstić information content (AvgIpc) is 2.48. The summed E-state index contributed by atoms with van der Waals surface area (Å²) in [5, 5.41) is 4.49. The van der Waals surface area contributed by atoms with E-state index in [4.69, 9.17) is 11.6 Å². The van der Waals surface area contributed by atoms with Crippen molar-refractivity contribution in [3.63, 3.8) is 0 Å². The smallest absolute Gasteiger partial charge is 0.270 e. The summed E-state index contributed by atoms with van der Waals surface area (Å²) < 4.78 is 0. The maximum Gasteiger partial charge on any atom is 0.270 e. The zero-order valence-corrected chi connectivity index (χ0v) is 12.5. The van der Waals surface area contributed by atoms with Gasteiger partial charge in [-0.05, 0) is 30.7 Å². The summed E-state index contributed by atoms with van der Waals surface area (Å²) in [6.45, 7) is 0. The molecule has 2 aromatic rings. The molecule has 1 fully saturated rings. The van der Waals surface area contributed by atoms with Crippen LogP contribution < -0.4 is 5.32 Å². The van der Waals surface area contributed by atoms with E-state index in [1.807, 2.05) is 36.0 Å². The van der Waals surface area contributed by atoms with E-state index in [0.29, 0.717) is 10.7 Å².